The third-order valence-corrected chi connectivity index (χ3v) is 3.74. The number of rotatable bonds is 8. The molecule has 130 valence electrons. The van der Waals surface area contributed by atoms with Gasteiger partial charge in [0.25, 0.3) is 0 Å². The molecule has 4 nitrogen and oxygen atoms in total. The van der Waals surface area contributed by atoms with Gasteiger partial charge in [-0.3, -0.25) is 4.90 Å². The van der Waals surface area contributed by atoms with Gasteiger partial charge in [0, 0.05) is 19.6 Å². The lowest BCUT2D eigenvalue weighted by Gasteiger charge is -2.29. The summed E-state index contributed by atoms with van der Waals surface area (Å²) in [5, 5.41) is 10.2. The first-order valence-corrected chi connectivity index (χ1v) is 8.10. The van der Waals surface area contributed by atoms with Crippen LogP contribution in [0.15, 0.2) is 48.5 Å². The fraction of sp³-hybridized carbons (Fsp3) is 0.400. The second-order valence-corrected chi connectivity index (χ2v) is 6.65. The van der Waals surface area contributed by atoms with E-state index in [1.807, 2.05) is 38.1 Å². The molecule has 1 N–H and O–H groups in total. The number of ether oxygens (including phenoxy) is 2. The maximum absolute atomic E-state index is 10.2. The highest BCUT2D eigenvalue weighted by atomic mass is 16.5. The van der Waals surface area contributed by atoms with Gasteiger partial charge in [-0.1, -0.05) is 24.3 Å². The summed E-state index contributed by atoms with van der Waals surface area (Å²) in [7, 11) is 3.33. The lowest BCUT2D eigenvalue weighted by Crippen LogP contribution is -2.37. The third-order valence-electron chi connectivity index (χ3n) is 3.74. The molecule has 0 amide bonds. The van der Waals surface area contributed by atoms with Crippen molar-refractivity contribution in [2.45, 2.75) is 32.5 Å². The molecule has 0 bridgehead atoms. The van der Waals surface area contributed by atoms with Crippen molar-refractivity contribution < 1.29 is 14.6 Å². The van der Waals surface area contributed by atoms with Crippen LogP contribution in [-0.4, -0.2) is 36.4 Å². The van der Waals surface area contributed by atoms with Crippen LogP contribution in [0, 0.1) is 0 Å². The molecule has 0 aromatic heterocycles. The van der Waals surface area contributed by atoms with Crippen LogP contribution < -0.4 is 9.47 Å². The first-order valence-electron chi connectivity index (χ1n) is 8.10. The molecule has 0 unspecified atom stereocenters. The molecule has 2 aromatic carbocycles. The van der Waals surface area contributed by atoms with E-state index in [1.54, 1.807) is 14.2 Å². The summed E-state index contributed by atoms with van der Waals surface area (Å²) in [5.74, 6) is 1.70. The maximum Gasteiger partial charge on any atom is 0.118 e. The summed E-state index contributed by atoms with van der Waals surface area (Å²) in [5.41, 5.74) is 1.63. The summed E-state index contributed by atoms with van der Waals surface area (Å²) in [4.78, 5) is 2.24. The molecule has 2 aromatic rings. The van der Waals surface area contributed by atoms with Gasteiger partial charge in [0.15, 0.2) is 0 Å². The molecule has 0 saturated heterocycles. The molecule has 0 fully saturated rings. The van der Waals surface area contributed by atoms with Gasteiger partial charge in [-0.2, -0.15) is 0 Å². The quantitative estimate of drug-likeness (QED) is 0.805. The van der Waals surface area contributed by atoms with E-state index in [1.165, 1.54) is 11.1 Å². The standard InChI is InChI=1S/C20H27NO3/c1-20(2,22)15-21(13-16-5-9-18(23-3)10-6-16)14-17-7-11-19(24-4)12-8-17/h5-12,22H,13-15H2,1-4H3. The number of hydrogen-bond acceptors (Lipinski definition) is 4. The molecule has 0 atom stereocenters. The highest BCUT2D eigenvalue weighted by molar-refractivity contribution is 5.28. The summed E-state index contributed by atoms with van der Waals surface area (Å²) in [6.45, 7) is 5.79. The van der Waals surface area contributed by atoms with Gasteiger partial charge >= 0.3 is 0 Å². The van der Waals surface area contributed by atoms with Crippen LogP contribution in [-0.2, 0) is 13.1 Å². The van der Waals surface area contributed by atoms with Crippen molar-refractivity contribution in [3.05, 3.63) is 59.7 Å². The minimum atomic E-state index is -0.751. The Labute approximate surface area is 144 Å². The van der Waals surface area contributed by atoms with Gasteiger partial charge in [0.05, 0.1) is 19.8 Å². The average Bonchev–Trinajstić information content (AvgIpc) is 2.55. The van der Waals surface area contributed by atoms with Crippen LogP contribution in [0.4, 0.5) is 0 Å². The fourth-order valence-electron chi connectivity index (χ4n) is 2.69. The van der Waals surface area contributed by atoms with Gasteiger partial charge in [-0.05, 0) is 49.2 Å². The summed E-state index contributed by atoms with van der Waals surface area (Å²) in [6, 6.07) is 16.1. The number of hydrogen-bond donors (Lipinski definition) is 1. The van der Waals surface area contributed by atoms with Crippen molar-refractivity contribution >= 4 is 0 Å². The van der Waals surface area contributed by atoms with Crippen LogP contribution in [0.5, 0.6) is 11.5 Å². The van der Waals surface area contributed by atoms with Crippen molar-refractivity contribution in [1.82, 2.24) is 4.90 Å². The number of aliphatic hydroxyl groups is 1. The van der Waals surface area contributed by atoms with E-state index in [0.29, 0.717) is 6.54 Å². The molecule has 4 heteroatoms. The highest BCUT2D eigenvalue weighted by Crippen LogP contribution is 2.18. The molecule has 0 aliphatic carbocycles. The van der Waals surface area contributed by atoms with Crippen molar-refractivity contribution in [2.75, 3.05) is 20.8 Å². The summed E-state index contributed by atoms with van der Waals surface area (Å²) < 4.78 is 10.4. The second kappa shape index (κ2) is 8.18. The van der Waals surface area contributed by atoms with E-state index < -0.39 is 5.60 Å². The van der Waals surface area contributed by atoms with Crippen LogP contribution in [0.2, 0.25) is 0 Å². The number of benzene rings is 2. The van der Waals surface area contributed by atoms with E-state index in [-0.39, 0.29) is 0 Å². The van der Waals surface area contributed by atoms with Crippen LogP contribution in [0.25, 0.3) is 0 Å². The topological polar surface area (TPSA) is 41.9 Å². The molecular formula is C20H27NO3. The minimum absolute atomic E-state index is 0.588. The average molecular weight is 329 g/mol. The first-order chi connectivity index (χ1) is 11.4. The predicted molar refractivity (Wildman–Crippen MR) is 96.4 cm³/mol. The smallest absolute Gasteiger partial charge is 0.118 e. The van der Waals surface area contributed by atoms with Crippen LogP contribution in [0.3, 0.4) is 0 Å². The fourth-order valence-corrected chi connectivity index (χ4v) is 2.69. The van der Waals surface area contributed by atoms with Crippen molar-refractivity contribution in [3.63, 3.8) is 0 Å². The molecule has 0 heterocycles. The van der Waals surface area contributed by atoms with Gasteiger partial charge in [0.2, 0.25) is 0 Å². The van der Waals surface area contributed by atoms with E-state index in [4.69, 9.17) is 9.47 Å². The van der Waals surface area contributed by atoms with Crippen molar-refractivity contribution in [3.8, 4) is 11.5 Å². The SMILES string of the molecule is COc1ccc(CN(Cc2ccc(OC)cc2)CC(C)(C)O)cc1. The van der Waals surface area contributed by atoms with Crippen molar-refractivity contribution in [2.24, 2.45) is 0 Å². The minimum Gasteiger partial charge on any atom is -0.497 e. The Hall–Kier alpha value is -2.04. The van der Waals surface area contributed by atoms with Gasteiger partial charge < -0.3 is 14.6 Å². The van der Waals surface area contributed by atoms with Crippen LogP contribution in [0.1, 0.15) is 25.0 Å². The Bertz CT molecular complexity index is 565. The monoisotopic (exact) mass is 329 g/mol. The number of methoxy groups -OCH3 is 2. The van der Waals surface area contributed by atoms with Crippen molar-refractivity contribution in [1.29, 1.82) is 0 Å². The van der Waals surface area contributed by atoms with E-state index in [2.05, 4.69) is 29.2 Å². The van der Waals surface area contributed by atoms with Gasteiger partial charge in [-0.25, -0.2) is 0 Å². The van der Waals surface area contributed by atoms with E-state index in [9.17, 15) is 5.11 Å². The largest absolute Gasteiger partial charge is 0.497 e. The zero-order valence-corrected chi connectivity index (χ0v) is 15.0. The molecule has 24 heavy (non-hydrogen) atoms. The number of nitrogens with zero attached hydrogens (tertiary/aromatic N) is 1. The lowest BCUT2D eigenvalue weighted by molar-refractivity contribution is 0.0306. The Morgan fingerprint density at radius 3 is 1.46 bits per heavy atom. The molecule has 2 rings (SSSR count). The van der Waals surface area contributed by atoms with Gasteiger partial charge in [0.1, 0.15) is 11.5 Å². The first kappa shape index (κ1) is 18.3. The summed E-state index contributed by atoms with van der Waals surface area (Å²) >= 11 is 0. The molecule has 0 aliphatic rings. The Kier molecular flexibility index (Phi) is 6.23. The van der Waals surface area contributed by atoms with Crippen LogP contribution >= 0.6 is 0 Å². The highest BCUT2D eigenvalue weighted by Gasteiger charge is 2.19. The Balaban J connectivity index is 2.10. The molecule has 0 radical (unpaired) electrons. The van der Waals surface area contributed by atoms with E-state index >= 15 is 0 Å². The second-order valence-electron chi connectivity index (χ2n) is 6.65. The molecule has 0 spiro atoms. The Morgan fingerprint density at radius 1 is 0.792 bits per heavy atom. The lowest BCUT2D eigenvalue weighted by atomic mass is 10.1. The normalized spacial score (nSPS) is 11.6. The predicted octanol–water partition coefficient (Wildman–Crippen LogP) is 3.48. The maximum atomic E-state index is 10.2. The van der Waals surface area contributed by atoms with E-state index in [0.717, 1.165) is 24.6 Å². The third kappa shape index (κ3) is 5.87. The Morgan fingerprint density at radius 2 is 1.17 bits per heavy atom. The molecule has 0 aliphatic heterocycles. The van der Waals surface area contributed by atoms with Gasteiger partial charge in [-0.15, -0.1) is 0 Å². The zero-order chi connectivity index (χ0) is 17.6. The zero-order valence-electron chi connectivity index (χ0n) is 15.0. The molecule has 0 saturated carbocycles. The molecular weight excluding hydrogens is 302 g/mol. The summed E-state index contributed by atoms with van der Waals surface area (Å²) in [6.07, 6.45) is 0.